The van der Waals surface area contributed by atoms with Crippen molar-refractivity contribution in [3.05, 3.63) is 23.8 Å². The summed E-state index contributed by atoms with van der Waals surface area (Å²) in [5, 5.41) is 12.9. The minimum atomic E-state index is -0.324. The lowest BCUT2D eigenvalue weighted by atomic mass is 9.91. The molecule has 4 N–H and O–H groups in total. The van der Waals surface area contributed by atoms with E-state index in [9.17, 15) is 9.90 Å². The Kier molecular flexibility index (Phi) is 5.20. The number of aliphatic hydroxyl groups is 1. The molecule has 2 unspecified atom stereocenters. The molecular weight excluding hydrogens is 266 g/mol. The Labute approximate surface area is 126 Å². The van der Waals surface area contributed by atoms with Gasteiger partial charge in [-0.15, -0.1) is 0 Å². The van der Waals surface area contributed by atoms with Crippen LogP contribution in [0.5, 0.6) is 0 Å². The molecule has 1 saturated carbocycles. The molecule has 5 heteroatoms. The number of aliphatic hydroxyl groups excluding tert-OH is 1. The molecule has 0 spiro atoms. The van der Waals surface area contributed by atoms with Crippen LogP contribution in [-0.4, -0.2) is 41.7 Å². The second kappa shape index (κ2) is 6.91. The third-order valence-corrected chi connectivity index (χ3v) is 4.18. The van der Waals surface area contributed by atoms with E-state index in [1.54, 1.807) is 6.07 Å². The van der Waals surface area contributed by atoms with Crippen LogP contribution in [-0.2, 0) is 4.79 Å². The van der Waals surface area contributed by atoms with E-state index in [4.69, 9.17) is 5.73 Å². The van der Waals surface area contributed by atoms with Crippen LogP contribution >= 0.6 is 0 Å². The monoisotopic (exact) mass is 291 g/mol. The van der Waals surface area contributed by atoms with Gasteiger partial charge in [-0.1, -0.05) is 12.8 Å². The Balaban J connectivity index is 1.91. The maximum atomic E-state index is 12.1. The third kappa shape index (κ3) is 4.19. The van der Waals surface area contributed by atoms with Crippen molar-refractivity contribution in [3.63, 3.8) is 0 Å². The second-order valence-corrected chi connectivity index (χ2v) is 5.96. The Morgan fingerprint density at radius 2 is 2.14 bits per heavy atom. The molecule has 2 rings (SSSR count). The number of nitrogen functional groups attached to an aromatic ring is 1. The van der Waals surface area contributed by atoms with Gasteiger partial charge < -0.3 is 16.2 Å². The maximum absolute atomic E-state index is 12.1. The number of carbonyl (C=O) groups is 1. The standard InChI is InChI=1S/C16H25N3O2/c1-11-9-12(17)7-8-13(11)18-16(21)10-19(2)14-5-3-4-6-15(14)20/h7-9,14-15,20H,3-6,10,17H2,1-2H3,(H,18,21). The van der Waals surface area contributed by atoms with Crippen LogP contribution in [0.3, 0.4) is 0 Å². The molecule has 0 aromatic heterocycles. The van der Waals surface area contributed by atoms with Crippen molar-refractivity contribution >= 4 is 17.3 Å². The quantitative estimate of drug-likeness (QED) is 0.739. The number of benzene rings is 1. The van der Waals surface area contributed by atoms with Crippen LogP contribution in [0, 0.1) is 6.92 Å². The topological polar surface area (TPSA) is 78.6 Å². The van der Waals surface area contributed by atoms with Crippen LogP contribution in [0.2, 0.25) is 0 Å². The summed E-state index contributed by atoms with van der Waals surface area (Å²) in [7, 11) is 1.90. The largest absolute Gasteiger partial charge is 0.399 e. The summed E-state index contributed by atoms with van der Waals surface area (Å²) in [6, 6.07) is 5.51. The summed E-state index contributed by atoms with van der Waals surface area (Å²) in [6.07, 6.45) is 3.64. The van der Waals surface area contributed by atoms with Gasteiger partial charge in [-0.05, 0) is 50.6 Å². The van der Waals surface area contributed by atoms with E-state index in [2.05, 4.69) is 5.32 Å². The SMILES string of the molecule is Cc1cc(N)ccc1NC(=O)CN(C)C1CCCCC1O. The molecule has 0 aliphatic heterocycles. The van der Waals surface area contributed by atoms with E-state index in [0.29, 0.717) is 5.69 Å². The van der Waals surface area contributed by atoms with Gasteiger partial charge in [-0.3, -0.25) is 9.69 Å². The zero-order valence-electron chi connectivity index (χ0n) is 12.8. The number of nitrogens with zero attached hydrogens (tertiary/aromatic N) is 1. The number of carbonyl (C=O) groups excluding carboxylic acids is 1. The molecule has 21 heavy (non-hydrogen) atoms. The van der Waals surface area contributed by atoms with Gasteiger partial charge in [0.1, 0.15) is 0 Å². The smallest absolute Gasteiger partial charge is 0.238 e. The third-order valence-electron chi connectivity index (χ3n) is 4.18. The predicted molar refractivity (Wildman–Crippen MR) is 85.1 cm³/mol. The Morgan fingerprint density at radius 1 is 1.43 bits per heavy atom. The maximum Gasteiger partial charge on any atom is 0.238 e. The molecule has 1 aliphatic carbocycles. The van der Waals surface area contributed by atoms with Crippen molar-refractivity contribution in [2.24, 2.45) is 0 Å². The average molecular weight is 291 g/mol. The molecule has 1 aromatic carbocycles. The summed E-state index contributed by atoms with van der Waals surface area (Å²) in [5.74, 6) is -0.0665. The number of anilines is 2. The van der Waals surface area contributed by atoms with Crippen molar-refractivity contribution in [1.82, 2.24) is 4.90 Å². The van der Waals surface area contributed by atoms with Gasteiger partial charge in [-0.2, -0.15) is 0 Å². The van der Waals surface area contributed by atoms with E-state index in [1.165, 1.54) is 0 Å². The van der Waals surface area contributed by atoms with Gasteiger partial charge in [0.05, 0.1) is 12.6 Å². The van der Waals surface area contributed by atoms with Crippen molar-refractivity contribution in [2.45, 2.75) is 44.8 Å². The van der Waals surface area contributed by atoms with Crippen LogP contribution in [0.1, 0.15) is 31.2 Å². The number of likely N-dealkylation sites (N-methyl/N-ethyl adjacent to an activating group) is 1. The van der Waals surface area contributed by atoms with Gasteiger partial charge in [0.25, 0.3) is 0 Å². The molecule has 2 atom stereocenters. The van der Waals surface area contributed by atoms with Gasteiger partial charge in [-0.25, -0.2) is 0 Å². The molecule has 0 saturated heterocycles. The summed E-state index contributed by atoms with van der Waals surface area (Å²) in [5.41, 5.74) is 8.12. The van der Waals surface area contributed by atoms with Gasteiger partial charge in [0.15, 0.2) is 0 Å². The molecule has 1 amide bonds. The molecule has 5 nitrogen and oxygen atoms in total. The Hall–Kier alpha value is -1.59. The summed E-state index contributed by atoms with van der Waals surface area (Å²) in [6.45, 7) is 2.20. The summed E-state index contributed by atoms with van der Waals surface area (Å²) < 4.78 is 0. The van der Waals surface area contributed by atoms with Gasteiger partial charge in [0.2, 0.25) is 5.91 Å². The highest BCUT2D eigenvalue weighted by Crippen LogP contribution is 2.22. The highest BCUT2D eigenvalue weighted by molar-refractivity contribution is 5.93. The first-order valence-electron chi connectivity index (χ1n) is 7.51. The highest BCUT2D eigenvalue weighted by Gasteiger charge is 2.27. The van der Waals surface area contributed by atoms with Crippen molar-refractivity contribution < 1.29 is 9.90 Å². The van der Waals surface area contributed by atoms with E-state index in [1.807, 2.05) is 31.0 Å². The molecular formula is C16H25N3O2. The number of rotatable bonds is 4. The van der Waals surface area contributed by atoms with Gasteiger partial charge >= 0.3 is 0 Å². The molecule has 1 fully saturated rings. The zero-order chi connectivity index (χ0) is 15.4. The normalized spacial score (nSPS) is 22.3. The second-order valence-electron chi connectivity index (χ2n) is 5.96. The molecule has 0 heterocycles. The molecule has 1 aliphatic rings. The van der Waals surface area contributed by atoms with Crippen molar-refractivity contribution in [2.75, 3.05) is 24.6 Å². The number of hydrogen-bond donors (Lipinski definition) is 3. The minimum absolute atomic E-state index is 0.0665. The molecule has 0 bridgehead atoms. The Bertz CT molecular complexity index is 504. The fraction of sp³-hybridized carbons (Fsp3) is 0.562. The predicted octanol–water partition coefficient (Wildman–Crippen LogP) is 1.75. The van der Waals surface area contributed by atoms with E-state index < -0.39 is 0 Å². The van der Waals surface area contributed by atoms with Crippen LogP contribution in [0.25, 0.3) is 0 Å². The molecule has 1 aromatic rings. The van der Waals surface area contributed by atoms with E-state index in [0.717, 1.165) is 36.9 Å². The number of hydrogen-bond acceptors (Lipinski definition) is 4. The zero-order valence-corrected chi connectivity index (χ0v) is 12.8. The van der Waals surface area contributed by atoms with Crippen molar-refractivity contribution in [3.8, 4) is 0 Å². The number of aryl methyl sites for hydroxylation is 1. The number of nitrogens with one attached hydrogen (secondary N) is 1. The Morgan fingerprint density at radius 3 is 2.81 bits per heavy atom. The van der Waals surface area contributed by atoms with Crippen molar-refractivity contribution in [1.29, 1.82) is 0 Å². The van der Waals surface area contributed by atoms with E-state index in [-0.39, 0.29) is 24.6 Å². The lowest BCUT2D eigenvalue weighted by molar-refractivity contribution is -0.118. The number of nitrogens with two attached hydrogens (primary N) is 1. The van der Waals surface area contributed by atoms with Crippen LogP contribution in [0.4, 0.5) is 11.4 Å². The molecule has 116 valence electrons. The minimum Gasteiger partial charge on any atom is -0.399 e. The summed E-state index contributed by atoms with van der Waals surface area (Å²) in [4.78, 5) is 14.1. The fourth-order valence-electron chi connectivity index (χ4n) is 2.97. The van der Waals surface area contributed by atoms with Gasteiger partial charge in [0, 0.05) is 17.4 Å². The highest BCUT2D eigenvalue weighted by atomic mass is 16.3. The lowest BCUT2D eigenvalue weighted by Crippen LogP contribution is -2.46. The lowest BCUT2D eigenvalue weighted by Gasteiger charge is -2.34. The average Bonchev–Trinajstić information content (AvgIpc) is 2.42. The van der Waals surface area contributed by atoms with Crippen LogP contribution in [0.15, 0.2) is 18.2 Å². The number of amides is 1. The first-order chi connectivity index (χ1) is 9.97. The summed E-state index contributed by atoms with van der Waals surface area (Å²) >= 11 is 0. The first kappa shape index (κ1) is 15.8. The molecule has 0 radical (unpaired) electrons. The van der Waals surface area contributed by atoms with Crippen LogP contribution < -0.4 is 11.1 Å². The van der Waals surface area contributed by atoms with E-state index >= 15 is 0 Å². The first-order valence-corrected chi connectivity index (χ1v) is 7.51. The fourth-order valence-corrected chi connectivity index (χ4v) is 2.97.